The second-order valence-corrected chi connectivity index (χ2v) is 8.51. The molecule has 0 aromatic heterocycles. The number of ether oxygens (including phenoxy) is 2. The fraction of sp³-hybridized carbons (Fsp3) is 0.400. The molecule has 27 heavy (non-hydrogen) atoms. The third kappa shape index (κ3) is 4.20. The maximum absolute atomic E-state index is 12.9. The van der Waals surface area contributed by atoms with Crippen LogP contribution in [0.4, 0.5) is 11.4 Å². The highest BCUT2D eigenvalue weighted by Gasteiger charge is 2.22. The topological polar surface area (TPSA) is 67.9 Å². The van der Waals surface area contributed by atoms with E-state index in [4.69, 9.17) is 9.47 Å². The highest BCUT2D eigenvalue weighted by atomic mass is 32.2. The fourth-order valence-electron chi connectivity index (χ4n) is 3.17. The average molecular weight is 391 g/mol. The summed E-state index contributed by atoms with van der Waals surface area (Å²) in [7, 11) is -2.28. The van der Waals surface area contributed by atoms with Crippen LogP contribution >= 0.6 is 0 Å². The molecule has 3 rings (SSSR count). The molecule has 2 aromatic carbocycles. The summed E-state index contributed by atoms with van der Waals surface area (Å²) in [6, 6.07) is 11.1. The number of aryl methyl sites for hydroxylation is 2. The Kier molecular flexibility index (Phi) is 5.62. The summed E-state index contributed by atoms with van der Waals surface area (Å²) >= 11 is 0. The Labute approximate surface area is 161 Å². The van der Waals surface area contributed by atoms with Crippen molar-refractivity contribution in [2.45, 2.75) is 31.7 Å². The monoisotopic (exact) mass is 390 g/mol. The minimum Gasteiger partial charge on any atom is -0.495 e. The molecule has 146 valence electrons. The van der Waals surface area contributed by atoms with E-state index in [1.165, 1.54) is 7.11 Å². The lowest BCUT2D eigenvalue weighted by molar-refractivity contribution is 0.0989. The van der Waals surface area contributed by atoms with Crippen molar-refractivity contribution in [2.24, 2.45) is 0 Å². The molecule has 2 aromatic rings. The van der Waals surface area contributed by atoms with E-state index in [-0.39, 0.29) is 4.90 Å². The Morgan fingerprint density at radius 3 is 2.44 bits per heavy atom. The summed E-state index contributed by atoms with van der Waals surface area (Å²) in [5.41, 5.74) is 3.44. The normalized spacial score (nSPS) is 17.6. The van der Waals surface area contributed by atoms with E-state index in [0.717, 1.165) is 23.4 Å². The van der Waals surface area contributed by atoms with Crippen molar-refractivity contribution in [1.29, 1.82) is 0 Å². The summed E-state index contributed by atoms with van der Waals surface area (Å²) < 4.78 is 39.1. The van der Waals surface area contributed by atoms with E-state index >= 15 is 0 Å². The van der Waals surface area contributed by atoms with Crippen molar-refractivity contribution in [3.05, 3.63) is 47.5 Å². The first-order valence-electron chi connectivity index (χ1n) is 8.94. The third-order valence-electron chi connectivity index (χ3n) is 4.89. The van der Waals surface area contributed by atoms with E-state index in [9.17, 15) is 8.42 Å². The molecule has 0 saturated carbocycles. The molecule has 0 bridgehead atoms. The van der Waals surface area contributed by atoms with Gasteiger partial charge in [-0.25, -0.2) is 8.42 Å². The molecule has 0 amide bonds. The van der Waals surface area contributed by atoms with Gasteiger partial charge in [0, 0.05) is 24.0 Å². The Morgan fingerprint density at radius 2 is 1.81 bits per heavy atom. The number of rotatable bonds is 5. The van der Waals surface area contributed by atoms with Crippen LogP contribution in [0.1, 0.15) is 18.1 Å². The summed E-state index contributed by atoms with van der Waals surface area (Å²) in [5.74, 6) is 0.337. The van der Waals surface area contributed by atoms with Crippen LogP contribution in [0.2, 0.25) is 0 Å². The molecule has 1 N–H and O–H groups in total. The molecule has 1 unspecified atom stereocenters. The standard InChI is InChI=1S/C20H26N2O4S/c1-14-11-19(25-4)20(12-15(14)2)27(23,24)21-17-5-7-18(8-6-17)22-9-10-26-13-16(22)3/h5-8,11-12,16,21H,9-10,13H2,1-4H3. The fourth-order valence-corrected chi connectivity index (χ4v) is 4.47. The third-order valence-corrected chi connectivity index (χ3v) is 6.29. The molecular weight excluding hydrogens is 364 g/mol. The lowest BCUT2D eigenvalue weighted by Gasteiger charge is -2.35. The molecule has 1 heterocycles. The van der Waals surface area contributed by atoms with E-state index in [0.29, 0.717) is 30.7 Å². The Morgan fingerprint density at radius 1 is 1.15 bits per heavy atom. The van der Waals surface area contributed by atoms with Crippen molar-refractivity contribution < 1.29 is 17.9 Å². The number of anilines is 2. The first-order valence-corrected chi connectivity index (χ1v) is 10.4. The highest BCUT2D eigenvalue weighted by molar-refractivity contribution is 7.92. The lowest BCUT2D eigenvalue weighted by atomic mass is 10.1. The maximum Gasteiger partial charge on any atom is 0.265 e. The van der Waals surface area contributed by atoms with Gasteiger partial charge in [0.05, 0.1) is 20.3 Å². The Balaban J connectivity index is 1.83. The summed E-state index contributed by atoms with van der Waals surface area (Å²) in [6.45, 7) is 8.14. The molecule has 0 radical (unpaired) electrons. The van der Waals surface area contributed by atoms with Crippen molar-refractivity contribution >= 4 is 21.4 Å². The first-order chi connectivity index (χ1) is 12.8. The Bertz CT molecular complexity index is 910. The van der Waals surface area contributed by atoms with Gasteiger partial charge in [0.25, 0.3) is 10.0 Å². The zero-order valence-corrected chi connectivity index (χ0v) is 17.0. The van der Waals surface area contributed by atoms with E-state index < -0.39 is 10.0 Å². The molecule has 6 nitrogen and oxygen atoms in total. The second-order valence-electron chi connectivity index (χ2n) is 6.86. The van der Waals surface area contributed by atoms with Crippen molar-refractivity contribution in [1.82, 2.24) is 0 Å². The highest BCUT2D eigenvalue weighted by Crippen LogP contribution is 2.29. The molecule has 1 aliphatic heterocycles. The van der Waals surface area contributed by atoms with Crippen molar-refractivity contribution in [2.75, 3.05) is 36.5 Å². The quantitative estimate of drug-likeness (QED) is 0.848. The SMILES string of the molecule is COc1cc(C)c(C)cc1S(=O)(=O)Nc1ccc(N2CCOCC2C)cc1. The van der Waals surface area contributed by atoms with Crippen LogP contribution in [-0.2, 0) is 14.8 Å². The predicted molar refractivity (Wildman–Crippen MR) is 107 cm³/mol. The second kappa shape index (κ2) is 7.78. The van der Waals surface area contributed by atoms with Crippen LogP contribution < -0.4 is 14.4 Å². The minimum atomic E-state index is -3.75. The summed E-state index contributed by atoms with van der Waals surface area (Å²) in [5, 5.41) is 0. The maximum atomic E-state index is 12.9. The van der Waals surface area contributed by atoms with Gasteiger partial charge in [0.15, 0.2) is 0 Å². The molecule has 1 atom stereocenters. The number of hydrogen-bond acceptors (Lipinski definition) is 5. The molecule has 1 aliphatic rings. The number of morpholine rings is 1. The number of hydrogen-bond donors (Lipinski definition) is 1. The van der Waals surface area contributed by atoms with Crippen LogP contribution in [0.5, 0.6) is 5.75 Å². The summed E-state index contributed by atoms with van der Waals surface area (Å²) in [6.07, 6.45) is 0. The minimum absolute atomic E-state index is 0.138. The van der Waals surface area contributed by atoms with Gasteiger partial charge in [0.1, 0.15) is 10.6 Å². The smallest absolute Gasteiger partial charge is 0.265 e. The van der Waals surface area contributed by atoms with E-state index in [1.807, 2.05) is 26.0 Å². The van der Waals surface area contributed by atoms with Crippen LogP contribution in [0, 0.1) is 13.8 Å². The van der Waals surface area contributed by atoms with Crippen LogP contribution in [0.15, 0.2) is 41.3 Å². The molecule has 0 spiro atoms. The van der Waals surface area contributed by atoms with Gasteiger partial charge >= 0.3 is 0 Å². The zero-order valence-electron chi connectivity index (χ0n) is 16.2. The van der Waals surface area contributed by atoms with Gasteiger partial charge in [0.2, 0.25) is 0 Å². The van der Waals surface area contributed by atoms with Crippen LogP contribution in [0.25, 0.3) is 0 Å². The molecular formula is C20H26N2O4S. The predicted octanol–water partition coefficient (Wildman–Crippen LogP) is 3.34. The van der Waals surface area contributed by atoms with Gasteiger partial charge in [-0.3, -0.25) is 4.72 Å². The number of sulfonamides is 1. The van der Waals surface area contributed by atoms with Gasteiger partial charge in [-0.2, -0.15) is 0 Å². The molecule has 1 saturated heterocycles. The summed E-state index contributed by atoms with van der Waals surface area (Å²) in [4.78, 5) is 2.40. The lowest BCUT2D eigenvalue weighted by Crippen LogP contribution is -2.43. The zero-order chi connectivity index (χ0) is 19.6. The number of nitrogens with one attached hydrogen (secondary N) is 1. The van der Waals surface area contributed by atoms with Crippen molar-refractivity contribution in [3.8, 4) is 5.75 Å². The van der Waals surface area contributed by atoms with Gasteiger partial charge < -0.3 is 14.4 Å². The number of methoxy groups -OCH3 is 1. The van der Waals surface area contributed by atoms with Crippen LogP contribution in [-0.4, -0.2) is 41.3 Å². The first kappa shape index (κ1) is 19.5. The van der Waals surface area contributed by atoms with Crippen LogP contribution in [0.3, 0.4) is 0 Å². The number of benzene rings is 2. The van der Waals surface area contributed by atoms with Gasteiger partial charge in [-0.1, -0.05) is 0 Å². The van der Waals surface area contributed by atoms with Gasteiger partial charge in [-0.15, -0.1) is 0 Å². The van der Waals surface area contributed by atoms with E-state index in [1.54, 1.807) is 24.3 Å². The molecule has 7 heteroatoms. The van der Waals surface area contributed by atoms with Crippen molar-refractivity contribution in [3.63, 3.8) is 0 Å². The number of nitrogens with zero attached hydrogens (tertiary/aromatic N) is 1. The Hall–Kier alpha value is -2.25. The van der Waals surface area contributed by atoms with E-state index in [2.05, 4.69) is 16.5 Å². The van der Waals surface area contributed by atoms with Gasteiger partial charge in [-0.05, 0) is 68.3 Å². The molecule has 0 aliphatic carbocycles. The largest absolute Gasteiger partial charge is 0.495 e. The molecule has 1 fully saturated rings. The average Bonchev–Trinajstić information content (AvgIpc) is 2.64.